The molecule has 0 N–H and O–H groups in total. The van der Waals surface area contributed by atoms with Gasteiger partial charge >= 0.3 is 5.97 Å². The van der Waals surface area contributed by atoms with Crippen molar-refractivity contribution in [2.75, 3.05) is 6.61 Å². The van der Waals surface area contributed by atoms with Crippen LogP contribution in [-0.4, -0.2) is 22.8 Å². The van der Waals surface area contributed by atoms with Crippen molar-refractivity contribution >= 4 is 5.97 Å². The Kier molecular flexibility index (Phi) is 5.59. The SMILES string of the molecule is CC(C)(C)c1ccc(OCCC(=O)OCc2nnc(-c3ccco3)o2)cc1. The van der Waals surface area contributed by atoms with E-state index in [1.807, 2.05) is 24.3 Å². The first-order chi connectivity index (χ1) is 12.9. The summed E-state index contributed by atoms with van der Waals surface area (Å²) in [5.41, 5.74) is 1.32. The van der Waals surface area contributed by atoms with Crippen LogP contribution in [0.4, 0.5) is 0 Å². The summed E-state index contributed by atoms with van der Waals surface area (Å²) in [5, 5.41) is 7.65. The first kappa shape index (κ1) is 18.7. The van der Waals surface area contributed by atoms with Crippen LogP contribution < -0.4 is 4.74 Å². The summed E-state index contributed by atoms with van der Waals surface area (Å²) in [4.78, 5) is 11.8. The third kappa shape index (κ3) is 5.20. The molecule has 3 rings (SSSR count). The van der Waals surface area contributed by atoms with E-state index in [4.69, 9.17) is 18.3 Å². The Morgan fingerprint density at radius 3 is 2.56 bits per heavy atom. The number of carbonyl (C=O) groups excluding carboxylic acids is 1. The molecule has 0 aliphatic rings. The Labute approximate surface area is 157 Å². The lowest BCUT2D eigenvalue weighted by Crippen LogP contribution is -2.11. The van der Waals surface area contributed by atoms with E-state index >= 15 is 0 Å². The number of furan rings is 1. The number of nitrogens with zero attached hydrogens (tertiary/aromatic N) is 2. The Hall–Kier alpha value is -3.09. The molecule has 0 amide bonds. The van der Waals surface area contributed by atoms with Crippen LogP contribution in [0.15, 0.2) is 51.5 Å². The van der Waals surface area contributed by atoms with Crippen molar-refractivity contribution in [3.63, 3.8) is 0 Å². The minimum atomic E-state index is -0.404. The van der Waals surface area contributed by atoms with Crippen LogP contribution in [0.5, 0.6) is 5.75 Å². The van der Waals surface area contributed by atoms with Gasteiger partial charge in [-0.3, -0.25) is 4.79 Å². The van der Waals surface area contributed by atoms with Crippen molar-refractivity contribution in [2.24, 2.45) is 0 Å². The lowest BCUT2D eigenvalue weighted by Gasteiger charge is -2.19. The Morgan fingerprint density at radius 1 is 1.11 bits per heavy atom. The van der Waals surface area contributed by atoms with E-state index in [2.05, 4.69) is 31.0 Å². The van der Waals surface area contributed by atoms with Crippen LogP contribution in [0.25, 0.3) is 11.7 Å². The Bertz CT molecular complexity index is 861. The van der Waals surface area contributed by atoms with E-state index in [9.17, 15) is 4.79 Å². The average molecular weight is 370 g/mol. The third-order valence-corrected chi connectivity index (χ3v) is 3.85. The van der Waals surface area contributed by atoms with E-state index < -0.39 is 5.97 Å². The molecule has 27 heavy (non-hydrogen) atoms. The molecule has 1 aromatic carbocycles. The first-order valence-corrected chi connectivity index (χ1v) is 8.67. The van der Waals surface area contributed by atoms with Gasteiger partial charge in [-0.25, -0.2) is 0 Å². The molecule has 0 fully saturated rings. The Morgan fingerprint density at radius 2 is 1.89 bits per heavy atom. The molecule has 2 aromatic heterocycles. The summed E-state index contributed by atoms with van der Waals surface area (Å²) in [7, 11) is 0. The largest absolute Gasteiger partial charge is 0.493 e. The maximum atomic E-state index is 11.8. The van der Waals surface area contributed by atoms with Crippen LogP contribution in [0.1, 0.15) is 38.6 Å². The molecule has 0 unspecified atom stereocenters. The van der Waals surface area contributed by atoms with Gasteiger partial charge < -0.3 is 18.3 Å². The number of benzene rings is 1. The second kappa shape index (κ2) is 8.07. The zero-order valence-corrected chi connectivity index (χ0v) is 15.6. The van der Waals surface area contributed by atoms with Crippen molar-refractivity contribution < 1.29 is 23.1 Å². The van der Waals surface area contributed by atoms with Crippen molar-refractivity contribution in [3.05, 3.63) is 54.1 Å². The zero-order chi connectivity index (χ0) is 19.3. The number of rotatable bonds is 7. The summed E-state index contributed by atoms with van der Waals surface area (Å²) in [6.45, 7) is 6.60. The van der Waals surface area contributed by atoms with Crippen LogP contribution in [0.3, 0.4) is 0 Å². The van der Waals surface area contributed by atoms with Crippen molar-refractivity contribution in [2.45, 2.75) is 39.2 Å². The second-order valence-corrected chi connectivity index (χ2v) is 7.01. The summed E-state index contributed by atoms with van der Waals surface area (Å²) >= 11 is 0. The second-order valence-electron chi connectivity index (χ2n) is 7.01. The van der Waals surface area contributed by atoms with Gasteiger partial charge in [0.05, 0.1) is 19.3 Å². The maximum absolute atomic E-state index is 11.8. The van der Waals surface area contributed by atoms with E-state index in [1.165, 1.54) is 11.8 Å². The van der Waals surface area contributed by atoms with Gasteiger partial charge in [0.1, 0.15) is 5.75 Å². The zero-order valence-electron chi connectivity index (χ0n) is 15.6. The van der Waals surface area contributed by atoms with Gasteiger partial charge in [-0.15, -0.1) is 10.2 Å². The number of carbonyl (C=O) groups is 1. The molecule has 0 radical (unpaired) electrons. The van der Waals surface area contributed by atoms with Crippen LogP contribution >= 0.6 is 0 Å². The molecule has 2 heterocycles. The highest BCUT2D eigenvalue weighted by Gasteiger charge is 2.14. The number of ether oxygens (including phenoxy) is 2. The topological polar surface area (TPSA) is 87.6 Å². The summed E-state index contributed by atoms with van der Waals surface area (Å²) < 4.78 is 21.2. The molecule has 0 bridgehead atoms. The van der Waals surface area contributed by atoms with Crippen molar-refractivity contribution in [1.82, 2.24) is 10.2 Å². The molecule has 3 aromatic rings. The molecular formula is C20H22N2O5. The van der Waals surface area contributed by atoms with E-state index in [1.54, 1.807) is 12.1 Å². The predicted octanol–water partition coefficient (Wildman–Crippen LogP) is 4.14. The highest BCUT2D eigenvalue weighted by atomic mass is 16.5. The molecule has 7 heteroatoms. The minimum absolute atomic E-state index is 0.0905. The molecule has 7 nitrogen and oxygen atoms in total. The molecule has 0 aliphatic heterocycles. The van der Waals surface area contributed by atoms with E-state index in [-0.39, 0.29) is 36.8 Å². The van der Waals surface area contributed by atoms with E-state index in [0.29, 0.717) is 5.76 Å². The molecule has 0 saturated heterocycles. The molecular weight excluding hydrogens is 348 g/mol. The third-order valence-electron chi connectivity index (χ3n) is 3.85. The van der Waals surface area contributed by atoms with Gasteiger partial charge in [-0.05, 0) is 35.2 Å². The standard InChI is InChI=1S/C20H22N2O5/c1-20(2,3)14-6-8-15(9-7-14)24-12-10-18(23)26-13-17-21-22-19(27-17)16-5-4-11-25-16/h4-9,11H,10,12-13H2,1-3H3. The van der Waals surface area contributed by atoms with Gasteiger partial charge in [0.25, 0.3) is 11.8 Å². The van der Waals surface area contributed by atoms with Crippen molar-refractivity contribution in [3.8, 4) is 17.4 Å². The quantitative estimate of drug-likeness (QED) is 0.578. The summed E-state index contributed by atoms with van der Waals surface area (Å²) in [5.74, 6) is 1.22. The molecule has 0 aliphatic carbocycles. The van der Waals surface area contributed by atoms with Crippen LogP contribution in [0, 0.1) is 0 Å². The minimum Gasteiger partial charge on any atom is -0.493 e. The van der Waals surface area contributed by atoms with Gasteiger partial charge in [0.2, 0.25) is 0 Å². The van der Waals surface area contributed by atoms with Gasteiger partial charge in [0, 0.05) is 0 Å². The number of esters is 1. The Balaban J connectivity index is 1.40. The maximum Gasteiger partial charge on any atom is 0.309 e. The van der Waals surface area contributed by atoms with E-state index in [0.717, 1.165) is 5.75 Å². The highest BCUT2D eigenvalue weighted by molar-refractivity contribution is 5.69. The fourth-order valence-corrected chi connectivity index (χ4v) is 2.33. The molecule has 142 valence electrons. The molecule has 0 spiro atoms. The van der Waals surface area contributed by atoms with Crippen LogP contribution in [0.2, 0.25) is 0 Å². The smallest absolute Gasteiger partial charge is 0.309 e. The number of aromatic nitrogens is 2. The number of hydrogen-bond acceptors (Lipinski definition) is 7. The highest BCUT2D eigenvalue weighted by Crippen LogP contribution is 2.24. The van der Waals surface area contributed by atoms with Gasteiger partial charge in [-0.2, -0.15) is 0 Å². The predicted molar refractivity (Wildman–Crippen MR) is 97.1 cm³/mol. The lowest BCUT2D eigenvalue weighted by atomic mass is 9.87. The van der Waals surface area contributed by atoms with Crippen LogP contribution in [-0.2, 0) is 21.6 Å². The molecule has 0 saturated carbocycles. The number of hydrogen-bond donors (Lipinski definition) is 0. The fraction of sp³-hybridized carbons (Fsp3) is 0.350. The fourth-order valence-electron chi connectivity index (χ4n) is 2.33. The normalized spacial score (nSPS) is 11.4. The van der Waals surface area contributed by atoms with Gasteiger partial charge in [0.15, 0.2) is 12.4 Å². The average Bonchev–Trinajstić information content (AvgIpc) is 3.31. The lowest BCUT2D eigenvalue weighted by molar-refractivity contribution is -0.146. The van der Waals surface area contributed by atoms with Crippen molar-refractivity contribution in [1.29, 1.82) is 0 Å². The summed E-state index contributed by atoms with van der Waals surface area (Å²) in [6, 6.07) is 11.3. The monoisotopic (exact) mass is 370 g/mol. The summed E-state index contributed by atoms with van der Waals surface area (Å²) in [6.07, 6.45) is 1.64. The first-order valence-electron chi connectivity index (χ1n) is 8.67. The molecule has 0 atom stereocenters. The van der Waals surface area contributed by atoms with Gasteiger partial charge in [-0.1, -0.05) is 32.9 Å².